The summed E-state index contributed by atoms with van der Waals surface area (Å²) in [6.45, 7) is 0.410. The van der Waals surface area contributed by atoms with Gasteiger partial charge in [-0.05, 0) is 35.9 Å². The lowest BCUT2D eigenvalue weighted by Crippen LogP contribution is -2.18. The summed E-state index contributed by atoms with van der Waals surface area (Å²) < 4.78 is 1.60. The van der Waals surface area contributed by atoms with Crippen molar-refractivity contribution in [1.82, 2.24) is 15.2 Å². The van der Waals surface area contributed by atoms with Gasteiger partial charge in [-0.15, -0.1) is 0 Å². The van der Waals surface area contributed by atoms with Crippen molar-refractivity contribution in [1.29, 1.82) is 0 Å². The minimum Gasteiger partial charge on any atom is -0.267 e. The SMILES string of the molecule is O=C(NN=Cc1ccc(Cl)cc1Cl)c1ccn(Cc2ccc(Cl)cc2Cl)n1. The number of nitrogens with zero attached hydrogens (tertiary/aromatic N) is 3. The highest BCUT2D eigenvalue weighted by molar-refractivity contribution is 6.36. The van der Waals surface area contributed by atoms with E-state index < -0.39 is 5.91 Å². The van der Waals surface area contributed by atoms with E-state index in [1.807, 2.05) is 6.07 Å². The number of carbonyl (C=O) groups is 1. The van der Waals surface area contributed by atoms with Crippen LogP contribution in [-0.2, 0) is 6.54 Å². The second kappa shape index (κ2) is 8.76. The third-order valence-corrected chi connectivity index (χ3v) is 4.70. The van der Waals surface area contributed by atoms with Gasteiger partial charge >= 0.3 is 0 Å². The van der Waals surface area contributed by atoms with Crippen molar-refractivity contribution in [2.24, 2.45) is 5.10 Å². The predicted molar refractivity (Wildman–Crippen MR) is 109 cm³/mol. The Morgan fingerprint density at radius 1 is 1.04 bits per heavy atom. The molecule has 0 saturated heterocycles. The average molecular weight is 442 g/mol. The van der Waals surface area contributed by atoms with Crippen LogP contribution >= 0.6 is 46.4 Å². The molecule has 138 valence electrons. The summed E-state index contributed by atoms with van der Waals surface area (Å²) in [5.41, 5.74) is 4.09. The molecule has 1 amide bonds. The molecule has 0 saturated carbocycles. The number of hydrazone groups is 1. The van der Waals surface area contributed by atoms with Gasteiger partial charge in [-0.1, -0.05) is 58.5 Å². The minimum atomic E-state index is -0.447. The molecular formula is C18H12Cl4N4O. The Balaban J connectivity index is 1.63. The Morgan fingerprint density at radius 2 is 1.74 bits per heavy atom. The molecule has 1 heterocycles. The first-order valence-corrected chi connectivity index (χ1v) is 9.19. The van der Waals surface area contributed by atoms with Gasteiger partial charge in [-0.2, -0.15) is 10.2 Å². The van der Waals surface area contributed by atoms with Crippen molar-refractivity contribution >= 4 is 58.5 Å². The number of amides is 1. The smallest absolute Gasteiger partial charge is 0.267 e. The van der Waals surface area contributed by atoms with Gasteiger partial charge in [-0.3, -0.25) is 9.48 Å². The molecule has 1 N–H and O–H groups in total. The molecule has 5 nitrogen and oxygen atoms in total. The Morgan fingerprint density at radius 3 is 2.44 bits per heavy atom. The average Bonchev–Trinajstić information content (AvgIpc) is 3.08. The van der Waals surface area contributed by atoms with Crippen LogP contribution in [0.5, 0.6) is 0 Å². The molecule has 0 aliphatic heterocycles. The number of aromatic nitrogens is 2. The minimum absolute atomic E-state index is 0.222. The summed E-state index contributed by atoms with van der Waals surface area (Å²) in [4.78, 5) is 12.2. The van der Waals surface area contributed by atoms with Gasteiger partial charge in [0.25, 0.3) is 5.91 Å². The van der Waals surface area contributed by atoms with E-state index >= 15 is 0 Å². The number of benzene rings is 2. The van der Waals surface area contributed by atoms with Crippen LogP contribution in [0.3, 0.4) is 0 Å². The van der Waals surface area contributed by atoms with Gasteiger partial charge in [-0.25, -0.2) is 5.43 Å². The molecule has 27 heavy (non-hydrogen) atoms. The number of hydrogen-bond donors (Lipinski definition) is 1. The first-order valence-electron chi connectivity index (χ1n) is 7.68. The highest BCUT2D eigenvalue weighted by Gasteiger charge is 2.10. The zero-order valence-electron chi connectivity index (χ0n) is 13.7. The molecule has 1 aromatic heterocycles. The van der Waals surface area contributed by atoms with Crippen molar-refractivity contribution in [2.45, 2.75) is 6.54 Å². The summed E-state index contributed by atoms with van der Waals surface area (Å²) >= 11 is 23.9. The summed E-state index contributed by atoms with van der Waals surface area (Å²) in [7, 11) is 0. The highest BCUT2D eigenvalue weighted by Crippen LogP contribution is 2.22. The van der Waals surface area contributed by atoms with E-state index in [2.05, 4.69) is 15.6 Å². The van der Waals surface area contributed by atoms with Crippen molar-refractivity contribution in [3.8, 4) is 0 Å². The Labute approximate surface area is 175 Å². The van der Waals surface area contributed by atoms with Gasteiger partial charge in [0.2, 0.25) is 0 Å². The van der Waals surface area contributed by atoms with Gasteiger partial charge < -0.3 is 0 Å². The summed E-state index contributed by atoms with van der Waals surface area (Å²) in [6.07, 6.45) is 3.11. The van der Waals surface area contributed by atoms with Gasteiger partial charge in [0.1, 0.15) is 0 Å². The lowest BCUT2D eigenvalue weighted by atomic mass is 10.2. The number of rotatable bonds is 5. The van der Waals surface area contributed by atoms with Crippen LogP contribution in [0, 0.1) is 0 Å². The summed E-state index contributed by atoms with van der Waals surface area (Å²) in [5.74, 6) is -0.447. The van der Waals surface area contributed by atoms with Crippen LogP contribution in [-0.4, -0.2) is 21.9 Å². The van der Waals surface area contributed by atoms with Crippen LogP contribution in [0.15, 0.2) is 53.8 Å². The van der Waals surface area contributed by atoms with Crippen LogP contribution in [0.2, 0.25) is 20.1 Å². The molecular weight excluding hydrogens is 430 g/mol. The predicted octanol–water partition coefficient (Wildman–Crippen LogP) is 5.31. The van der Waals surface area contributed by atoms with E-state index in [1.54, 1.807) is 47.3 Å². The van der Waals surface area contributed by atoms with E-state index in [4.69, 9.17) is 46.4 Å². The Hall–Kier alpha value is -2.05. The van der Waals surface area contributed by atoms with Crippen molar-refractivity contribution in [3.63, 3.8) is 0 Å². The zero-order chi connectivity index (χ0) is 19.4. The number of hydrogen-bond acceptors (Lipinski definition) is 3. The van der Waals surface area contributed by atoms with E-state index in [1.165, 1.54) is 6.21 Å². The van der Waals surface area contributed by atoms with Crippen LogP contribution in [0.1, 0.15) is 21.6 Å². The standard InChI is InChI=1S/C18H12Cl4N4O/c19-13-3-1-11(15(21)7-13)9-23-24-18(27)17-5-6-26(25-17)10-12-2-4-14(20)8-16(12)22/h1-9H,10H2,(H,24,27). The van der Waals surface area contributed by atoms with Crippen LogP contribution in [0.4, 0.5) is 0 Å². The van der Waals surface area contributed by atoms with E-state index in [9.17, 15) is 4.79 Å². The fourth-order valence-electron chi connectivity index (χ4n) is 2.22. The molecule has 3 rings (SSSR count). The lowest BCUT2D eigenvalue weighted by Gasteiger charge is -2.05. The van der Waals surface area contributed by atoms with Crippen molar-refractivity contribution < 1.29 is 4.79 Å². The molecule has 3 aromatic rings. The topological polar surface area (TPSA) is 59.3 Å². The Kier molecular flexibility index (Phi) is 6.39. The van der Waals surface area contributed by atoms with Crippen LogP contribution in [0.25, 0.3) is 0 Å². The fraction of sp³-hybridized carbons (Fsp3) is 0.0556. The lowest BCUT2D eigenvalue weighted by molar-refractivity contribution is 0.0949. The van der Waals surface area contributed by atoms with Crippen molar-refractivity contribution in [2.75, 3.05) is 0 Å². The number of carbonyl (C=O) groups excluding carboxylic acids is 1. The van der Waals surface area contributed by atoms with Gasteiger partial charge in [0.05, 0.1) is 17.8 Å². The van der Waals surface area contributed by atoms with E-state index in [0.717, 1.165) is 5.56 Å². The maximum atomic E-state index is 12.2. The highest BCUT2D eigenvalue weighted by atomic mass is 35.5. The molecule has 0 atom stereocenters. The van der Waals surface area contributed by atoms with Gasteiger partial charge in [0, 0.05) is 26.8 Å². The molecule has 0 bridgehead atoms. The zero-order valence-corrected chi connectivity index (χ0v) is 16.7. The van der Waals surface area contributed by atoms with E-state index in [-0.39, 0.29) is 5.69 Å². The second-order valence-corrected chi connectivity index (χ2v) is 7.19. The number of halogens is 4. The largest absolute Gasteiger partial charge is 0.291 e. The molecule has 0 spiro atoms. The number of nitrogens with one attached hydrogen (secondary N) is 1. The quantitative estimate of drug-likeness (QED) is 0.430. The second-order valence-electron chi connectivity index (χ2n) is 5.50. The first-order chi connectivity index (χ1) is 12.9. The Bertz CT molecular complexity index is 1020. The molecule has 9 heteroatoms. The molecule has 0 aliphatic carbocycles. The third kappa shape index (κ3) is 5.23. The molecule has 0 fully saturated rings. The fourth-order valence-corrected chi connectivity index (χ4v) is 3.14. The molecule has 0 radical (unpaired) electrons. The third-order valence-electron chi connectivity index (χ3n) is 3.55. The maximum Gasteiger partial charge on any atom is 0.291 e. The monoisotopic (exact) mass is 440 g/mol. The normalized spacial score (nSPS) is 11.1. The van der Waals surface area contributed by atoms with E-state index in [0.29, 0.717) is 32.2 Å². The summed E-state index contributed by atoms with van der Waals surface area (Å²) in [5, 5.41) is 10.2. The maximum absolute atomic E-state index is 12.2. The molecule has 2 aromatic carbocycles. The molecule has 0 unspecified atom stereocenters. The van der Waals surface area contributed by atoms with Gasteiger partial charge in [0.15, 0.2) is 5.69 Å². The van der Waals surface area contributed by atoms with Crippen molar-refractivity contribution in [3.05, 3.63) is 85.6 Å². The van der Waals surface area contributed by atoms with Crippen LogP contribution < -0.4 is 5.43 Å². The first kappa shape index (κ1) is 19.7. The molecule has 0 aliphatic rings. The summed E-state index contributed by atoms with van der Waals surface area (Å²) in [6, 6.07) is 11.8.